The molecule has 41 heavy (non-hydrogen) atoms. The van der Waals surface area contributed by atoms with Gasteiger partial charge in [-0.3, -0.25) is 14.7 Å². The number of fused-ring (bicyclic) bond motifs is 4. The fourth-order valence-electron chi connectivity index (χ4n) is 5.24. The van der Waals surface area contributed by atoms with Crippen molar-refractivity contribution in [3.05, 3.63) is 34.9 Å². The summed E-state index contributed by atoms with van der Waals surface area (Å²) in [4.78, 5) is 10.9. The Morgan fingerprint density at radius 3 is 2.80 bits per heavy atom. The van der Waals surface area contributed by atoms with Gasteiger partial charge in [-0.2, -0.15) is 15.1 Å². The molecule has 2 atom stereocenters. The first-order valence-electron chi connectivity index (χ1n) is 13.8. The normalized spacial score (nSPS) is 17.5. The molecule has 4 aromatic rings. The molecular weight excluding hydrogens is 531 g/mol. The highest BCUT2D eigenvalue weighted by molar-refractivity contribution is 5.91. The molecule has 5 heterocycles. The molecule has 0 spiro atoms. The minimum Gasteiger partial charge on any atom is -0.476 e. The van der Waals surface area contributed by atoms with Crippen LogP contribution in [0.4, 0.5) is 4.53 Å². The van der Waals surface area contributed by atoms with Gasteiger partial charge in [0.25, 0.3) is 0 Å². The minimum atomic E-state index is -0.359. The minimum absolute atomic E-state index is 0.137. The molecule has 2 bridgehead atoms. The van der Waals surface area contributed by atoms with E-state index < -0.39 is 0 Å². The van der Waals surface area contributed by atoms with E-state index in [9.17, 15) is 4.53 Å². The number of aromatic amines is 1. The van der Waals surface area contributed by atoms with Gasteiger partial charge in [-0.25, -0.2) is 9.67 Å². The fourth-order valence-corrected chi connectivity index (χ4v) is 5.24. The van der Waals surface area contributed by atoms with Crippen molar-refractivity contribution < 1.29 is 23.7 Å². The molecule has 1 aliphatic heterocycles. The summed E-state index contributed by atoms with van der Waals surface area (Å²) in [6.07, 6.45) is 5.50. The number of ether oxygens (including phenoxy) is 3. The lowest BCUT2D eigenvalue weighted by atomic mass is 10.1. The van der Waals surface area contributed by atoms with Crippen LogP contribution in [0.3, 0.4) is 0 Å². The third-order valence-electron chi connectivity index (χ3n) is 7.16. The van der Waals surface area contributed by atoms with Crippen LogP contribution in [-0.2, 0) is 29.9 Å². The van der Waals surface area contributed by atoms with E-state index in [0.717, 1.165) is 45.7 Å². The van der Waals surface area contributed by atoms with Crippen molar-refractivity contribution in [2.75, 3.05) is 33.4 Å². The highest BCUT2D eigenvalue weighted by Crippen LogP contribution is 2.36. The lowest BCUT2D eigenvalue weighted by Gasteiger charge is -2.26. The van der Waals surface area contributed by atoms with E-state index >= 15 is 0 Å². The van der Waals surface area contributed by atoms with Crippen LogP contribution in [0.1, 0.15) is 56.4 Å². The van der Waals surface area contributed by atoms with Crippen molar-refractivity contribution in [2.45, 2.75) is 53.0 Å². The molecule has 0 amide bonds. The van der Waals surface area contributed by atoms with Gasteiger partial charge in [-0.1, -0.05) is 6.92 Å². The van der Waals surface area contributed by atoms with Gasteiger partial charge in [0.1, 0.15) is 12.7 Å². The van der Waals surface area contributed by atoms with Crippen LogP contribution < -0.4 is 9.47 Å². The zero-order valence-corrected chi connectivity index (χ0v) is 24.3. The van der Waals surface area contributed by atoms with E-state index in [4.69, 9.17) is 24.4 Å². The van der Waals surface area contributed by atoms with Crippen molar-refractivity contribution >= 4 is 23.2 Å². The predicted molar refractivity (Wildman–Crippen MR) is 152 cm³/mol. The lowest BCUT2D eigenvalue weighted by Crippen LogP contribution is -2.35. The summed E-state index contributed by atoms with van der Waals surface area (Å²) in [5, 5.41) is 17.8. The van der Waals surface area contributed by atoms with Gasteiger partial charge in [0, 0.05) is 44.4 Å². The molecule has 220 valence electrons. The standard InChI is InChI=1S/C28H37FN8O4/c1-7-36-13-18(4)41-28-25(23(16-38-6)33-35(28)5)19-11-21-22(31-32-26(21)30-12-19)10-9-20-24(14-36)37(17(3)15-40-29)34-27(20)39-8-2/h9-12,17-18H,7-8,13-16H2,1-6H3,(H,30,31,32)/b10-9+. The van der Waals surface area contributed by atoms with Gasteiger partial charge in [0.05, 0.1) is 47.5 Å². The Hall–Kier alpha value is -3.81. The van der Waals surface area contributed by atoms with Crippen LogP contribution >= 0.6 is 0 Å². The maximum Gasteiger partial charge on any atom is 0.240 e. The van der Waals surface area contributed by atoms with Crippen molar-refractivity contribution in [1.82, 2.24) is 39.6 Å². The van der Waals surface area contributed by atoms with Crippen LogP contribution in [0.2, 0.25) is 0 Å². The average Bonchev–Trinajstić information content (AvgIpc) is 3.60. The van der Waals surface area contributed by atoms with Crippen molar-refractivity contribution in [2.24, 2.45) is 7.05 Å². The largest absolute Gasteiger partial charge is 0.476 e. The molecule has 1 aliphatic rings. The molecule has 0 fully saturated rings. The quantitative estimate of drug-likeness (QED) is 0.331. The van der Waals surface area contributed by atoms with E-state index in [1.54, 1.807) is 22.7 Å². The molecule has 4 aromatic heterocycles. The predicted octanol–water partition coefficient (Wildman–Crippen LogP) is 4.34. The second-order valence-corrected chi connectivity index (χ2v) is 10.2. The van der Waals surface area contributed by atoms with Gasteiger partial charge >= 0.3 is 0 Å². The van der Waals surface area contributed by atoms with Gasteiger partial charge in [0.2, 0.25) is 11.8 Å². The summed E-state index contributed by atoms with van der Waals surface area (Å²) in [5.41, 5.74) is 5.48. The first-order valence-corrected chi connectivity index (χ1v) is 13.8. The van der Waals surface area contributed by atoms with Gasteiger partial charge < -0.3 is 14.2 Å². The van der Waals surface area contributed by atoms with E-state index in [-0.39, 0.29) is 18.8 Å². The highest BCUT2D eigenvalue weighted by atomic mass is 19.3. The zero-order chi connectivity index (χ0) is 29.1. The molecule has 0 saturated heterocycles. The fraction of sp³-hybridized carbons (Fsp3) is 0.500. The van der Waals surface area contributed by atoms with Crippen LogP contribution in [0.25, 0.3) is 34.3 Å². The Bertz CT molecular complexity index is 1530. The Morgan fingerprint density at radius 2 is 2.07 bits per heavy atom. The second kappa shape index (κ2) is 12.4. The first-order chi connectivity index (χ1) is 19.9. The number of rotatable bonds is 8. The maximum absolute atomic E-state index is 12.9. The average molecular weight is 569 g/mol. The van der Waals surface area contributed by atoms with Crippen molar-refractivity contribution in [3.63, 3.8) is 0 Å². The molecule has 12 nitrogen and oxygen atoms in total. The number of nitrogens with zero attached hydrogens (tertiary/aromatic N) is 7. The van der Waals surface area contributed by atoms with Crippen molar-refractivity contribution in [1.29, 1.82) is 0 Å². The topological polar surface area (TPSA) is 117 Å². The van der Waals surface area contributed by atoms with Gasteiger partial charge in [0.15, 0.2) is 5.65 Å². The second-order valence-electron chi connectivity index (χ2n) is 10.2. The van der Waals surface area contributed by atoms with E-state index in [0.29, 0.717) is 43.7 Å². The summed E-state index contributed by atoms with van der Waals surface area (Å²) in [5.74, 6) is 1.11. The van der Waals surface area contributed by atoms with E-state index in [2.05, 4.69) is 31.9 Å². The summed E-state index contributed by atoms with van der Waals surface area (Å²) in [6.45, 7) is 10.4. The summed E-state index contributed by atoms with van der Waals surface area (Å²) in [7, 11) is 3.51. The summed E-state index contributed by atoms with van der Waals surface area (Å²) < 4.78 is 34.5. The number of likely N-dealkylation sites (N-methyl/N-ethyl adjacent to an activating group) is 1. The number of aryl methyl sites for hydroxylation is 1. The molecule has 2 unspecified atom stereocenters. The van der Waals surface area contributed by atoms with E-state index in [1.165, 1.54) is 0 Å². The number of H-pyrrole nitrogens is 1. The number of hydrogen-bond donors (Lipinski definition) is 1. The molecular formula is C28H37FN8O4. The smallest absolute Gasteiger partial charge is 0.240 e. The van der Waals surface area contributed by atoms with Crippen LogP contribution in [0.15, 0.2) is 12.3 Å². The van der Waals surface area contributed by atoms with E-state index in [1.807, 2.05) is 46.0 Å². The Kier molecular flexibility index (Phi) is 8.66. The number of aromatic nitrogens is 7. The summed E-state index contributed by atoms with van der Waals surface area (Å²) >= 11 is 0. The van der Waals surface area contributed by atoms with Gasteiger partial charge in [-0.05, 0) is 50.1 Å². The molecule has 0 saturated carbocycles. The Labute approximate surface area is 237 Å². The number of pyridine rings is 1. The number of nitrogens with one attached hydrogen (secondary N) is 1. The Morgan fingerprint density at radius 1 is 1.24 bits per heavy atom. The first kappa shape index (κ1) is 28.7. The zero-order valence-electron chi connectivity index (χ0n) is 24.3. The van der Waals surface area contributed by atoms with Crippen molar-refractivity contribution in [3.8, 4) is 22.9 Å². The van der Waals surface area contributed by atoms with Gasteiger partial charge in [-0.15, -0.1) is 5.10 Å². The van der Waals surface area contributed by atoms with Crippen LogP contribution in [-0.4, -0.2) is 79.2 Å². The third-order valence-corrected chi connectivity index (χ3v) is 7.16. The monoisotopic (exact) mass is 568 g/mol. The molecule has 0 radical (unpaired) electrons. The lowest BCUT2D eigenvalue weighted by molar-refractivity contribution is -0.142. The number of hydrogen-bond acceptors (Lipinski definition) is 9. The Balaban J connectivity index is 1.72. The SMILES string of the molecule is CCOc1nn(C(C)COF)c2c1/C=C/c1[nH]nc3ncc(cc13)-c1c(COC)nn(C)c1OC(C)CN(CC)C2. The molecule has 13 heteroatoms. The molecule has 0 aromatic carbocycles. The number of methoxy groups -OCH3 is 1. The molecule has 5 rings (SSSR count). The molecule has 1 N–H and O–H groups in total. The summed E-state index contributed by atoms with van der Waals surface area (Å²) in [6, 6.07) is 1.67. The van der Waals surface area contributed by atoms with Crippen LogP contribution in [0, 0.1) is 0 Å². The number of halogens is 1. The maximum atomic E-state index is 12.9. The third kappa shape index (κ3) is 5.69. The molecule has 0 aliphatic carbocycles. The van der Waals surface area contributed by atoms with Crippen LogP contribution in [0.5, 0.6) is 11.8 Å². The highest BCUT2D eigenvalue weighted by Gasteiger charge is 2.26.